The second-order valence-electron chi connectivity index (χ2n) is 12.5. The van der Waals surface area contributed by atoms with Gasteiger partial charge in [-0.2, -0.15) is 0 Å². The Labute approximate surface area is 246 Å². The number of carbonyl (C=O) groups is 2. The van der Waals surface area contributed by atoms with Crippen LogP contribution in [0, 0.1) is 17.3 Å². The van der Waals surface area contributed by atoms with Gasteiger partial charge in [-0.05, 0) is 92.4 Å². The minimum absolute atomic E-state index is 0.188. The lowest BCUT2D eigenvalue weighted by molar-refractivity contribution is -0.159. The fraction of sp³-hybridized carbons (Fsp3) is 0.714. The van der Waals surface area contributed by atoms with Gasteiger partial charge in [0.15, 0.2) is 5.40 Å². The fourth-order valence-corrected chi connectivity index (χ4v) is 10.2. The van der Waals surface area contributed by atoms with Crippen molar-refractivity contribution < 1.29 is 48.5 Å². The summed E-state index contributed by atoms with van der Waals surface area (Å²) < 4.78 is 22.6. The first-order valence-corrected chi connectivity index (χ1v) is 18.1. The van der Waals surface area contributed by atoms with Crippen molar-refractivity contribution in [2.75, 3.05) is 13.1 Å². The second kappa shape index (κ2) is 12.7. The molecule has 0 saturated heterocycles. The molecule has 0 radical (unpaired) electrons. The Morgan fingerprint density at radius 1 is 0.952 bits per heavy atom. The molecule has 0 bridgehead atoms. The van der Waals surface area contributed by atoms with Crippen molar-refractivity contribution in [1.82, 2.24) is 10.6 Å². The Hall–Kier alpha value is -1.78. The molecule has 42 heavy (non-hydrogen) atoms. The summed E-state index contributed by atoms with van der Waals surface area (Å²) in [7, 11) is -10.3. The smallest absolute Gasteiger partial charge is 0.341 e. The topological polar surface area (TPSA) is 214 Å². The summed E-state index contributed by atoms with van der Waals surface area (Å²) in [6.07, 6.45) is 6.49. The minimum Gasteiger partial charge on any atom is -0.508 e. The molecule has 236 valence electrons. The number of unbranched alkanes of at least 4 members (excludes halogenated alkanes) is 3. The van der Waals surface area contributed by atoms with E-state index in [9.17, 15) is 28.9 Å². The van der Waals surface area contributed by atoms with Crippen LogP contribution in [0.15, 0.2) is 18.2 Å². The molecule has 12 nitrogen and oxygen atoms in total. The Kier molecular flexibility index (Phi) is 10.00. The molecule has 3 aliphatic rings. The highest BCUT2D eigenvalue weighted by Gasteiger charge is 2.64. The molecule has 1 aromatic rings. The largest absolute Gasteiger partial charge is 0.508 e. The van der Waals surface area contributed by atoms with Crippen molar-refractivity contribution in [3.05, 3.63) is 29.3 Å². The first-order chi connectivity index (χ1) is 19.6. The standard InChI is InChI=1S/C28H44N2O10P2/c1-27-12-10-21-20-9-7-19(31)16-18(20)6-8-22(21)23(27)11-13-28(27,34)26(33)30-15-5-3-2-4-14-29-24(32)17-25(41(35,36)37)42(38,39)40/h7,9,16,21-23,25,31,34H,2-6,8,10-15,17H2,1H3,(H,29,32)(H,30,33)(H2,35,36,37)(H2,38,39,40)/t21?,22?,23?,27-,28-/m0/s1. The van der Waals surface area contributed by atoms with Crippen LogP contribution in [-0.2, 0) is 25.1 Å². The third-order valence-corrected chi connectivity index (χ3v) is 13.8. The molecule has 3 unspecified atom stereocenters. The molecule has 2 amide bonds. The zero-order valence-corrected chi connectivity index (χ0v) is 25.7. The van der Waals surface area contributed by atoms with E-state index < -0.39 is 43.9 Å². The minimum atomic E-state index is -5.15. The number of phenols is 1. The summed E-state index contributed by atoms with van der Waals surface area (Å²) in [6, 6.07) is 5.66. The van der Waals surface area contributed by atoms with Gasteiger partial charge >= 0.3 is 15.2 Å². The highest BCUT2D eigenvalue weighted by molar-refractivity contribution is 7.70. The van der Waals surface area contributed by atoms with Crippen molar-refractivity contribution >= 4 is 27.0 Å². The quantitative estimate of drug-likeness (QED) is 0.125. The molecule has 5 atom stereocenters. The van der Waals surface area contributed by atoms with Crippen LogP contribution in [0.25, 0.3) is 0 Å². The SMILES string of the molecule is C[C@]12CCC3c4ccc(O)cc4CCC3C1CC[C@]2(O)C(=O)NCCCCCCNC(=O)CC(P(=O)(O)O)P(=O)(O)O. The number of benzene rings is 1. The van der Waals surface area contributed by atoms with E-state index in [4.69, 9.17) is 19.6 Å². The maximum atomic E-state index is 13.3. The zero-order valence-electron chi connectivity index (χ0n) is 23.9. The van der Waals surface area contributed by atoms with Crippen LogP contribution in [0.5, 0.6) is 5.75 Å². The monoisotopic (exact) mass is 630 g/mol. The summed E-state index contributed by atoms with van der Waals surface area (Å²) >= 11 is 0. The molecule has 0 spiro atoms. The highest BCUT2D eigenvalue weighted by Crippen LogP contribution is 2.64. The summed E-state index contributed by atoms with van der Waals surface area (Å²) in [4.78, 5) is 61.7. The van der Waals surface area contributed by atoms with E-state index in [0.29, 0.717) is 49.8 Å². The van der Waals surface area contributed by atoms with E-state index >= 15 is 0 Å². The number of hydrogen-bond donors (Lipinski definition) is 8. The van der Waals surface area contributed by atoms with E-state index in [2.05, 4.69) is 17.6 Å². The van der Waals surface area contributed by atoms with Crippen LogP contribution >= 0.6 is 15.2 Å². The van der Waals surface area contributed by atoms with Crippen molar-refractivity contribution in [2.45, 2.75) is 94.5 Å². The van der Waals surface area contributed by atoms with Gasteiger partial charge in [0.1, 0.15) is 11.4 Å². The van der Waals surface area contributed by atoms with Crippen molar-refractivity contribution in [3.63, 3.8) is 0 Å². The van der Waals surface area contributed by atoms with Gasteiger partial charge in [-0.15, -0.1) is 0 Å². The van der Waals surface area contributed by atoms with Gasteiger partial charge in [-0.3, -0.25) is 18.7 Å². The summed E-state index contributed by atoms with van der Waals surface area (Å²) in [6.45, 7) is 2.67. The average molecular weight is 631 g/mol. The van der Waals surface area contributed by atoms with E-state index in [1.165, 1.54) is 11.1 Å². The molecule has 0 aliphatic heterocycles. The number of aromatic hydroxyl groups is 1. The van der Waals surface area contributed by atoms with Gasteiger partial charge in [0, 0.05) is 18.5 Å². The van der Waals surface area contributed by atoms with Gasteiger partial charge in [0.05, 0.1) is 6.42 Å². The van der Waals surface area contributed by atoms with Crippen LogP contribution in [0.4, 0.5) is 0 Å². The Morgan fingerprint density at radius 2 is 1.60 bits per heavy atom. The molecule has 0 heterocycles. The van der Waals surface area contributed by atoms with Gasteiger partial charge in [0.2, 0.25) is 5.91 Å². The number of rotatable bonds is 12. The molecule has 14 heteroatoms. The Morgan fingerprint density at radius 3 is 2.24 bits per heavy atom. The normalized spacial score (nSPS) is 29.0. The average Bonchev–Trinajstić information content (AvgIpc) is 3.18. The molecular weight excluding hydrogens is 586 g/mol. The second-order valence-corrected chi connectivity index (χ2v) is 16.5. The van der Waals surface area contributed by atoms with Crippen LogP contribution < -0.4 is 10.6 Å². The lowest BCUT2D eigenvalue weighted by Crippen LogP contribution is -2.58. The van der Waals surface area contributed by atoms with E-state index in [1.54, 1.807) is 6.07 Å². The van der Waals surface area contributed by atoms with Gasteiger partial charge < -0.3 is 40.4 Å². The summed E-state index contributed by atoms with van der Waals surface area (Å²) in [5.74, 6) is 0.179. The predicted molar refractivity (Wildman–Crippen MR) is 155 cm³/mol. The molecule has 1 aromatic carbocycles. The number of nitrogens with one attached hydrogen (secondary N) is 2. The third-order valence-electron chi connectivity index (χ3n) is 10.1. The number of carbonyl (C=O) groups excluding carboxylic acids is 2. The van der Waals surface area contributed by atoms with Crippen LogP contribution in [0.1, 0.15) is 88.2 Å². The molecule has 2 fully saturated rings. The number of phenolic OH excluding ortho intramolecular Hbond substituents is 1. The maximum absolute atomic E-state index is 13.3. The van der Waals surface area contributed by atoms with E-state index in [-0.39, 0.29) is 18.4 Å². The first kappa shape index (κ1) is 33.1. The maximum Gasteiger partial charge on any atom is 0.341 e. The molecular formula is C28H44N2O10P2. The highest BCUT2D eigenvalue weighted by atomic mass is 31.2. The number of amides is 2. The predicted octanol–water partition coefficient (Wildman–Crippen LogP) is 2.84. The van der Waals surface area contributed by atoms with Crippen LogP contribution in [0.2, 0.25) is 0 Å². The van der Waals surface area contributed by atoms with Gasteiger partial charge in [-0.25, -0.2) is 0 Å². The summed E-state index contributed by atoms with van der Waals surface area (Å²) in [5, 5.41) is 24.7. The number of aliphatic hydroxyl groups is 1. The third kappa shape index (κ3) is 6.80. The van der Waals surface area contributed by atoms with Crippen LogP contribution in [0.3, 0.4) is 0 Å². The van der Waals surface area contributed by atoms with Crippen molar-refractivity contribution in [1.29, 1.82) is 0 Å². The van der Waals surface area contributed by atoms with Gasteiger partial charge in [0.25, 0.3) is 5.91 Å². The first-order valence-electron chi connectivity index (χ1n) is 14.8. The van der Waals surface area contributed by atoms with Crippen LogP contribution in [-0.4, -0.2) is 65.7 Å². The van der Waals surface area contributed by atoms with Crippen molar-refractivity contribution in [3.8, 4) is 5.75 Å². The lowest BCUT2D eigenvalue weighted by atomic mass is 9.53. The molecule has 2 saturated carbocycles. The number of aryl methyl sites for hydroxylation is 1. The molecule has 0 aromatic heterocycles. The molecule has 4 rings (SSSR count). The van der Waals surface area contributed by atoms with E-state index in [0.717, 1.165) is 38.5 Å². The number of hydrogen-bond acceptors (Lipinski definition) is 6. The lowest BCUT2D eigenvalue weighted by Gasteiger charge is -2.52. The number of fused-ring (bicyclic) bond motifs is 5. The van der Waals surface area contributed by atoms with Gasteiger partial charge in [-0.1, -0.05) is 25.8 Å². The molecule has 8 N–H and O–H groups in total. The van der Waals surface area contributed by atoms with Crippen molar-refractivity contribution in [2.24, 2.45) is 17.3 Å². The molecule has 3 aliphatic carbocycles. The Balaban J connectivity index is 1.18. The van der Waals surface area contributed by atoms with E-state index in [1.807, 2.05) is 12.1 Å². The summed E-state index contributed by atoms with van der Waals surface area (Å²) in [5.41, 5.74) is 0.600. The zero-order chi connectivity index (χ0) is 30.9. The Bertz CT molecular complexity index is 1240. The fourth-order valence-electron chi connectivity index (χ4n) is 7.81.